The number of hydrogen-bond acceptors (Lipinski definition) is 6. The van der Waals surface area contributed by atoms with Crippen molar-refractivity contribution in [2.75, 3.05) is 32.8 Å². The van der Waals surface area contributed by atoms with Crippen LogP contribution in [0.2, 0.25) is 0 Å². The van der Waals surface area contributed by atoms with E-state index in [0.717, 1.165) is 49.6 Å². The minimum absolute atomic E-state index is 0.0492. The Hall–Kier alpha value is -2.61. The maximum Gasteiger partial charge on any atom is 0.276 e. The zero-order valence-electron chi connectivity index (χ0n) is 15.8. The Morgan fingerprint density at radius 3 is 2.89 bits per heavy atom. The van der Waals surface area contributed by atoms with Gasteiger partial charge in [0.25, 0.3) is 5.91 Å². The zero-order valence-corrected chi connectivity index (χ0v) is 15.8. The third-order valence-electron chi connectivity index (χ3n) is 5.07. The molecule has 0 aliphatic carbocycles. The van der Waals surface area contributed by atoms with E-state index in [1.54, 1.807) is 4.68 Å². The van der Waals surface area contributed by atoms with Crippen LogP contribution in [0.3, 0.4) is 0 Å². The normalized spacial score (nSPS) is 18.5. The SMILES string of the molecule is CCCN(C(=O)c1nnn(-c2ccc3c(c2)OCCO3)c1C)C1CCNC1. The smallest absolute Gasteiger partial charge is 0.276 e. The molecule has 4 rings (SSSR count). The van der Waals surface area contributed by atoms with E-state index >= 15 is 0 Å². The molecule has 0 spiro atoms. The molecule has 8 heteroatoms. The Morgan fingerprint density at radius 2 is 2.15 bits per heavy atom. The molecule has 1 unspecified atom stereocenters. The lowest BCUT2D eigenvalue weighted by Crippen LogP contribution is -2.42. The first kappa shape index (κ1) is 17.8. The lowest BCUT2D eigenvalue weighted by molar-refractivity contribution is 0.0685. The summed E-state index contributed by atoms with van der Waals surface area (Å²) in [4.78, 5) is 15.1. The third kappa shape index (κ3) is 3.37. The van der Waals surface area contributed by atoms with E-state index < -0.39 is 0 Å². The number of rotatable bonds is 5. The highest BCUT2D eigenvalue weighted by Crippen LogP contribution is 2.32. The minimum Gasteiger partial charge on any atom is -0.486 e. The van der Waals surface area contributed by atoms with E-state index in [1.165, 1.54) is 0 Å². The van der Waals surface area contributed by atoms with E-state index in [0.29, 0.717) is 24.7 Å². The van der Waals surface area contributed by atoms with Gasteiger partial charge in [0, 0.05) is 25.2 Å². The van der Waals surface area contributed by atoms with E-state index in [2.05, 4.69) is 22.6 Å². The van der Waals surface area contributed by atoms with Gasteiger partial charge in [0.1, 0.15) is 13.2 Å². The standard InChI is InChI=1S/C19H25N5O3/c1-3-8-23(15-6-7-20-12-15)19(25)18-13(2)24(22-21-18)14-4-5-16-17(11-14)27-10-9-26-16/h4-5,11,15,20H,3,6-10,12H2,1-2H3. The van der Waals surface area contributed by atoms with Gasteiger partial charge in [-0.1, -0.05) is 12.1 Å². The second kappa shape index (κ2) is 7.56. The lowest BCUT2D eigenvalue weighted by atomic mass is 10.1. The first-order valence-corrected chi connectivity index (χ1v) is 9.53. The average Bonchev–Trinajstić information content (AvgIpc) is 3.35. The summed E-state index contributed by atoms with van der Waals surface area (Å²) in [6.07, 6.45) is 1.89. The second-order valence-corrected chi connectivity index (χ2v) is 6.91. The zero-order chi connectivity index (χ0) is 18.8. The fourth-order valence-corrected chi connectivity index (χ4v) is 3.67. The maximum atomic E-state index is 13.2. The monoisotopic (exact) mass is 371 g/mol. The molecule has 2 aliphatic rings. The molecule has 1 fully saturated rings. The fraction of sp³-hybridized carbons (Fsp3) is 0.526. The summed E-state index contributed by atoms with van der Waals surface area (Å²) in [6, 6.07) is 5.85. The maximum absolute atomic E-state index is 13.2. The highest BCUT2D eigenvalue weighted by Gasteiger charge is 2.30. The van der Waals surface area contributed by atoms with Gasteiger partial charge < -0.3 is 19.7 Å². The van der Waals surface area contributed by atoms with Gasteiger partial charge in [-0.2, -0.15) is 0 Å². The number of carbonyl (C=O) groups excluding carboxylic acids is 1. The number of ether oxygens (including phenoxy) is 2. The first-order valence-electron chi connectivity index (χ1n) is 9.53. The molecule has 2 aromatic rings. The molecule has 1 aromatic heterocycles. The minimum atomic E-state index is -0.0492. The van der Waals surface area contributed by atoms with Crippen LogP contribution in [0, 0.1) is 6.92 Å². The van der Waals surface area contributed by atoms with Crippen LogP contribution in [-0.4, -0.2) is 64.7 Å². The van der Waals surface area contributed by atoms with Gasteiger partial charge in [-0.05, 0) is 38.4 Å². The molecule has 27 heavy (non-hydrogen) atoms. The summed E-state index contributed by atoms with van der Waals surface area (Å²) in [5, 5.41) is 11.8. The van der Waals surface area contributed by atoms with Crippen LogP contribution in [0.15, 0.2) is 18.2 Å². The van der Waals surface area contributed by atoms with Crippen LogP contribution >= 0.6 is 0 Å². The molecule has 3 heterocycles. The highest BCUT2D eigenvalue weighted by atomic mass is 16.6. The molecule has 2 aliphatic heterocycles. The summed E-state index contributed by atoms with van der Waals surface area (Å²) in [6.45, 7) is 7.54. The van der Waals surface area contributed by atoms with Crippen molar-refractivity contribution in [2.24, 2.45) is 0 Å². The van der Waals surface area contributed by atoms with E-state index in [-0.39, 0.29) is 11.9 Å². The summed E-state index contributed by atoms with van der Waals surface area (Å²) in [7, 11) is 0. The van der Waals surface area contributed by atoms with E-state index in [9.17, 15) is 4.79 Å². The van der Waals surface area contributed by atoms with Crippen LogP contribution in [0.25, 0.3) is 5.69 Å². The Morgan fingerprint density at radius 1 is 1.33 bits per heavy atom. The second-order valence-electron chi connectivity index (χ2n) is 6.91. The molecule has 144 valence electrons. The fourth-order valence-electron chi connectivity index (χ4n) is 3.67. The summed E-state index contributed by atoms with van der Waals surface area (Å²) in [5.74, 6) is 1.36. The molecule has 0 radical (unpaired) electrons. The van der Waals surface area contributed by atoms with E-state index in [4.69, 9.17) is 9.47 Å². The van der Waals surface area contributed by atoms with Gasteiger partial charge in [0.05, 0.1) is 11.4 Å². The van der Waals surface area contributed by atoms with Crippen molar-refractivity contribution in [1.82, 2.24) is 25.2 Å². The topological polar surface area (TPSA) is 81.5 Å². The van der Waals surface area contributed by atoms with Crippen LogP contribution in [-0.2, 0) is 0 Å². The van der Waals surface area contributed by atoms with Crippen molar-refractivity contribution in [2.45, 2.75) is 32.7 Å². The molecule has 1 atom stereocenters. The number of fused-ring (bicyclic) bond motifs is 1. The number of nitrogens with zero attached hydrogens (tertiary/aromatic N) is 4. The largest absolute Gasteiger partial charge is 0.486 e. The van der Waals surface area contributed by atoms with Crippen LogP contribution in [0.5, 0.6) is 11.5 Å². The number of carbonyl (C=O) groups is 1. The summed E-state index contributed by atoms with van der Waals surface area (Å²) >= 11 is 0. The number of aromatic nitrogens is 3. The Kier molecular flexibility index (Phi) is 4.98. The van der Waals surface area contributed by atoms with Gasteiger partial charge in [0.15, 0.2) is 17.2 Å². The molecule has 0 saturated carbocycles. The molecule has 1 N–H and O–H groups in total. The average molecular weight is 371 g/mol. The quantitative estimate of drug-likeness (QED) is 0.859. The van der Waals surface area contributed by atoms with Gasteiger partial charge in [0.2, 0.25) is 0 Å². The number of benzene rings is 1. The molecule has 0 bridgehead atoms. The predicted molar refractivity (Wildman–Crippen MR) is 99.7 cm³/mol. The van der Waals surface area contributed by atoms with Crippen LogP contribution < -0.4 is 14.8 Å². The van der Waals surface area contributed by atoms with Crippen LogP contribution in [0.4, 0.5) is 0 Å². The number of hydrogen-bond donors (Lipinski definition) is 1. The van der Waals surface area contributed by atoms with Gasteiger partial charge in [-0.15, -0.1) is 5.10 Å². The molecular formula is C19H25N5O3. The Labute approximate surface area is 158 Å². The van der Waals surface area contributed by atoms with Crippen molar-refractivity contribution in [3.8, 4) is 17.2 Å². The third-order valence-corrected chi connectivity index (χ3v) is 5.07. The number of amides is 1. The van der Waals surface area contributed by atoms with Crippen LogP contribution in [0.1, 0.15) is 35.9 Å². The van der Waals surface area contributed by atoms with Gasteiger partial charge >= 0.3 is 0 Å². The summed E-state index contributed by atoms with van der Waals surface area (Å²) < 4.78 is 12.9. The summed E-state index contributed by atoms with van der Waals surface area (Å²) in [5.41, 5.74) is 1.93. The predicted octanol–water partition coefficient (Wildman–Crippen LogP) is 1.56. The van der Waals surface area contributed by atoms with Gasteiger partial charge in [-0.25, -0.2) is 4.68 Å². The van der Waals surface area contributed by atoms with Crippen molar-refractivity contribution in [3.05, 3.63) is 29.6 Å². The van der Waals surface area contributed by atoms with Gasteiger partial charge in [-0.3, -0.25) is 4.79 Å². The molecule has 1 amide bonds. The Bertz CT molecular complexity index is 829. The van der Waals surface area contributed by atoms with Crippen molar-refractivity contribution >= 4 is 5.91 Å². The molecule has 1 saturated heterocycles. The van der Waals surface area contributed by atoms with Crippen molar-refractivity contribution in [3.63, 3.8) is 0 Å². The highest BCUT2D eigenvalue weighted by molar-refractivity contribution is 5.93. The van der Waals surface area contributed by atoms with E-state index in [1.807, 2.05) is 30.0 Å². The lowest BCUT2D eigenvalue weighted by Gasteiger charge is -2.27. The Balaban J connectivity index is 1.62. The first-order chi connectivity index (χ1) is 13.2. The molecule has 1 aromatic carbocycles. The molecular weight excluding hydrogens is 346 g/mol. The van der Waals surface area contributed by atoms with Crippen molar-refractivity contribution in [1.29, 1.82) is 0 Å². The van der Waals surface area contributed by atoms with Crippen molar-refractivity contribution < 1.29 is 14.3 Å². The molecule has 8 nitrogen and oxygen atoms in total. The number of nitrogens with one attached hydrogen (secondary N) is 1.